The Bertz CT molecular complexity index is 252. The van der Waals surface area contributed by atoms with Crippen LogP contribution in [0.3, 0.4) is 0 Å². The SMILES string of the molecule is CCO/C=C/S(=O)(=O)C(F)(F)F. The molecular weight excluding hydrogens is 197 g/mol. The zero-order valence-corrected chi connectivity index (χ0v) is 6.95. The molecule has 0 saturated carbocycles. The minimum atomic E-state index is -5.25. The van der Waals surface area contributed by atoms with Crippen molar-refractivity contribution >= 4 is 9.84 Å². The molecule has 12 heavy (non-hydrogen) atoms. The third kappa shape index (κ3) is 3.12. The van der Waals surface area contributed by atoms with Gasteiger partial charge < -0.3 is 4.74 Å². The van der Waals surface area contributed by atoms with Gasteiger partial charge in [-0.05, 0) is 6.92 Å². The van der Waals surface area contributed by atoms with Crippen LogP contribution in [-0.2, 0) is 14.6 Å². The summed E-state index contributed by atoms with van der Waals surface area (Å²) in [6, 6.07) is 0. The van der Waals surface area contributed by atoms with Gasteiger partial charge in [0.1, 0.15) is 0 Å². The highest BCUT2D eigenvalue weighted by molar-refractivity contribution is 7.95. The van der Waals surface area contributed by atoms with E-state index in [1.165, 1.54) is 6.92 Å². The van der Waals surface area contributed by atoms with Gasteiger partial charge in [-0.2, -0.15) is 13.2 Å². The third-order valence-electron chi connectivity index (χ3n) is 0.820. The molecule has 0 spiro atoms. The molecule has 0 amide bonds. The minimum absolute atomic E-state index is 0.0174. The molecule has 0 aromatic heterocycles. The van der Waals surface area contributed by atoms with Crippen molar-refractivity contribution in [1.82, 2.24) is 0 Å². The molecule has 7 heteroatoms. The maximum atomic E-state index is 11.6. The Balaban J connectivity index is 4.46. The lowest BCUT2D eigenvalue weighted by atomic mass is 10.9. The summed E-state index contributed by atoms with van der Waals surface area (Å²) in [5.74, 6) is 0. The smallest absolute Gasteiger partial charge is 0.501 e. The molecular formula is C5H7F3O3S. The molecule has 0 unspecified atom stereocenters. The van der Waals surface area contributed by atoms with Crippen LogP contribution in [0.1, 0.15) is 6.92 Å². The number of hydrogen-bond acceptors (Lipinski definition) is 3. The number of halogens is 3. The van der Waals surface area contributed by atoms with E-state index < -0.39 is 15.3 Å². The molecule has 0 saturated heterocycles. The Morgan fingerprint density at radius 1 is 1.42 bits per heavy atom. The van der Waals surface area contributed by atoms with E-state index in [2.05, 4.69) is 4.74 Å². The largest absolute Gasteiger partial charge is 0.501 e. The fourth-order valence-electron chi connectivity index (χ4n) is 0.286. The summed E-state index contributed by atoms with van der Waals surface area (Å²) in [5.41, 5.74) is -5.25. The molecule has 0 aliphatic rings. The number of rotatable bonds is 3. The molecule has 0 aliphatic carbocycles. The lowest BCUT2D eigenvalue weighted by Gasteiger charge is -2.02. The predicted molar refractivity (Wildman–Crippen MR) is 35.7 cm³/mol. The van der Waals surface area contributed by atoms with Crippen molar-refractivity contribution in [1.29, 1.82) is 0 Å². The standard InChI is InChI=1S/C5H7F3O3S/c1-2-11-3-4-12(9,10)5(6,7)8/h3-4H,2H2,1H3/b4-3+. The Morgan fingerprint density at radius 2 is 1.92 bits per heavy atom. The first kappa shape index (κ1) is 11.3. The molecule has 0 heterocycles. The molecule has 72 valence electrons. The highest BCUT2D eigenvalue weighted by Gasteiger charge is 2.43. The molecule has 0 N–H and O–H groups in total. The lowest BCUT2D eigenvalue weighted by Crippen LogP contribution is -2.20. The van der Waals surface area contributed by atoms with Gasteiger partial charge in [0.05, 0.1) is 18.3 Å². The Kier molecular flexibility index (Phi) is 3.56. The number of ether oxygens (including phenoxy) is 1. The maximum Gasteiger partial charge on any atom is 0.501 e. The summed E-state index contributed by atoms with van der Waals surface area (Å²) in [5, 5.41) is -0.0174. The first-order chi connectivity index (χ1) is 5.31. The molecule has 0 aliphatic heterocycles. The van der Waals surface area contributed by atoms with Gasteiger partial charge in [0.15, 0.2) is 0 Å². The normalized spacial score (nSPS) is 13.7. The maximum absolute atomic E-state index is 11.6. The fraction of sp³-hybridized carbons (Fsp3) is 0.600. The highest BCUT2D eigenvalue weighted by atomic mass is 32.2. The number of sulfone groups is 1. The van der Waals surface area contributed by atoms with Gasteiger partial charge in [-0.3, -0.25) is 0 Å². The second-order valence-electron chi connectivity index (χ2n) is 1.72. The predicted octanol–water partition coefficient (Wildman–Crippen LogP) is 1.43. The van der Waals surface area contributed by atoms with E-state index in [1.54, 1.807) is 0 Å². The van der Waals surface area contributed by atoms with Crippen molar-refractivity contribution < 1.29 is 26.3 Å². The molecule has 0 atom stereocenters. The fourth-order valence-corrected chi connectivity index (χ4v) is 0.665. The Morgan fingerprint density at radius 3 is 2.25 bits per heavy atom. The van der Waals surface area contributed by atoms with Gasteiger partial charge >= 0.3 is 5.51 Å². The summed E-state index contributed by atoms with van der Waals surface area (Å²) in [6.07, 6.45) is 0.503. The van der Waals surface area contributed by atoms with Crippen LogP contribution in [0, 0.1) is 0 Å². The summed E-state index contributed by atoms with van der Waals surface area (Å²) in [7, 11) is -5.18. The van der Waals surface area contributed by atoms with Crippen LogP contribution in [0.25, 0.3) is 0 Å². The molecule has 3 nitrogen and oxygen atoms in total. The average Bonchev–Trinajstić information content (AvgIpc) is 1.85. The summed E-state index contributed by atoms with van der Waals surface area (Å²) in [4.78, 5) is 0. The Hall–Kier alpha value is -0.720. The van der Waals surface area contributed by atoms with Gasteiger partial charge in [-0.15, -0.1) is 0 Å². The monoisotopic (exact) mass is 204 g/mol. The van der Waals surface area contributed by atoms with Crippen LogP contribution < -0.4 is 0 Å². The van der Waals surface area contributed by atoms with Crippen molar-refractivity contribution in [2.75, 3.05) is 6.61 Å². The van der Waals surface area contributed by atoms with E-state index in [1.807, 2.05) is 0 Å². The van der Waals surface area contributed by atoms with E-state index >= 15 is 0 Å². The van der Waals surface area contributed by atoms with Gasteiger partial charge in [0.25, 0.3) is 9.84 Å². The topological polar surface area (TPSA) is 43.4 Å². The van der Waals surface area contributed by atoms with Crippen molar-refractivity contribution in [2.24, 2.45) is 0 Å². The van der Waals surface area contributed by atoms with E-state index in [4.69, 9.17) is 0 Å². The highest BCUT2D eigenvalue weighted by Crippen LogP contribution is 2.24. The zero-order chi connectivity index (χ0) is 9.83. The van der Waals surface area contributed by atoms with Crippen LogP contribution in [0.15, 0.2) is 11.7 Å². The summed E-state index contributed by atoms with van der Waals surface area (Å²) < 4.78 is 59.5. The lowest BCUT2D eigenvalue weighted by molar-refractivity contribution is -0.0424. The number of alkyl halides is 3. The molecule has 0 aromatic rings. The van der Waals surface area contributed by atoms with Crippen molar-refractivity contribution in [2.45, 2.75) is 12.4 Å². The molecule has 0 bridgehead atoms. The van der Waals surface area contributed by atoms with Crippen LogP contribution in [0.4, 0.5) is 13.2 Å². The summed E-state index contributed by atoms with van der Waals surface area (Å²) in [6.45, 7) is 1.63. The van der Waals surface area contributed by atoms with E-state index in [-0.39, 0.29) is 12.0 Å². The van der Waals surface area contributed by atoms with E-state index in [0.717, 1.165) is 0 Å². The van der Waals surface area contributed by atoms with Crippen LogP contribution in [0.2, 0.25) is 0 Å². The molecule has 0 aromatic carbocycles. The minimum Gasteiger partial charge on any atom is -0.501 e. The molecule has 0 radical (unpaired) electrons. The number of hydrogen-bond donors (Lipinski definition) is 0. The second kappa shape index (κ2) is 3.79. The second-order valence-corrected chi connectivity index (χ2v) is 3.54. The molecule has 0 fully saturated rings. The van der Waals surface area contributed by atoms with Crippen molar-refractivity contribution in [3.63, 3.8) is 0 Å². The van der Waals surface area contributed by atoms with Gasteiger partial charge in [-0.25, -0.2) is 8.42 Å². The quantitative estimate of drug-likeness (QED) is 0.653. The van der Waals surface area contributed by atoms with Crippen LogP contribution in [-0.4, -0.2) is 20.5 Å². The average molecular weight is 204 g/mol. The Labute approximate surface area is 67.7 Å². The van der Waals surface area contributed by atoms with Crippen LogP contribution in [0.5, 0.6) is 0 Å². The van der Waals surface area contributed by atoms with Crippen LogP contribution >= 0.6 is 0 Å². The molecule has 0 rings (SSSR count). The van der Waals surface area contributed by atoms with Gasteiger partial charge in [0, 0.05) is 0 Å². The van der Waals surface area contributed by atoms with Crippen molar-refractivity contribution in [3.05, 3.63) is 11.7 Å². The van der Waals surface area contributed by atoms with Crippen molar-refractivity contribution in [3.8, 4) is 0 Å². The summed E-state index contributed by atoms with van der Waals surface area (Å²) >= 11 is 0. The first-order valence-electron chi connectivity index (χ1n) is 2.90. The van der Waals surface area contributed by atoms with Gasteiger partial charge in [0.2, 0.25) is 0 Å². The zero-order valence-electron chi connectivity index (χ0n) is 6.13. The third-order valence-corrected chi connectivity index (χ3v) is 1.93. The van der Waals surface area contributed by atoms with E-state index in [9.17, 15) is 21.6 Å². The van der Waals surface area contributed by atoms with E-state index in [0.29, 0.717) is 6.26 Å². The first-order valence-corrected chi connectivity index (χ1v) is 4.45. The van der Waals surface area contributed by atoms with Gasteiger partial charge in [-0.1, -0.05) is 0 Å².